The third kappa shape index (κ3) is 3.78. The van der Waals surface area contributed by atoms with Crippen LogP contribution in [0.2, 0.25) is 5.02 Å². The fraction of sp³-hybridized carbons (Fsp3) is 0.250. The van der Waals surface area contributed by atoms with Crippen LogP contribution in [-0.4, -0.2) is 22.6 Å². The Morgan fingerprint density at radius 1 is 1.53 bits per heavy atom. The van der Waals surface area contributed by atoms with Crippen LogP contribution >= 0.6 is 27.5 Å². The van der Waals surface area contributed by atoms with Crippen molar-refractivity contribution in [3.63, 3.8) is 0 Å². The van der Waals surface area contributed by atoms with Crippen LogP contribution in [0.4, 0.5) is 0 Å². The highest BCUT2D eigenvalue weighted by Crippen LogP contribution is 2.23. The molecular weight excluding hydrogens is 334 g/mol. The van der Waals surface area contributed by atoms with Crippen LogP contribution in [-0.2, 0) is 6.42 Å². The maximum atomic E-state index is 11.9. The molecule has 0 bridgehead atoms. The van der Waals surface area contributed by atoms with E-state index < -0.39 is 0 Å². The summed E-state index contributed by atoms with van der Waals surface area (Å²) in [6.45, 7) is 2.17. The van der Waals surface area contributed by atoms with Crippen molar-refractivity contribution < 1.29 is 9.32 Å². The third-order valence-electron chi connectivity index (χ3n) is 2.39. The Kier molecular flexibility index (Phi) is 4.55. The van der Waals surface area contributed by atoms with E-state index in [0.29, 0.717) is 39.7 Å². The Labute approximate surface area is 123 Å². The minimum Gasteiger partial charge on any atom is -0.352 e. The van der Waals surface area contributed by atoms with E-state index in [2.05, 4.69) is 31.4 Å². The number of hydrogen-bond donors (Lipinski definition) is 1. The van der Waals surface area contributed by atoms with Crippen LogP contribution in [0.3, 0.4) is 0 Å². The van der Waals surface area contributed by atoms with Crippen molar-refractivity contribution >= 4 is 33.4 Å². The zero-order valence-electron chi connectivity index (χ0n) is 10.1. The first-order chi connectivity index (χ1) is 9.06. The fourth-order valence-corrected chi connectivity index (χ4v) is 1.97. The highest BCUT2D eigenvalue weighted by Gasteiger charge is 2.08. The van der Waals surface area contributed by atoms with Gasteiger partial charge in [0.2, 0.25) is 5.89 Å². The molecule has 0 unspecified atom stereocenters. The average molecular weight is 345 g/mol. The topological polar surface area (TPSA) is 68.0 Å². The zero-order valence-corrected chi connectivity index (χ0v) is 12.5. The van der Waals surface area contributed by atoms with Crippen molar-refractivity contribution in [2.45, 2.75) is 13.3 Å². The predicted octanol–water partition coefficient (Wildman–Crippen LogP) is 2.77. The van der Waals surface area contributed by atoms with E-state index in [1.165, 1.54) is 0 Å². The molecule has 0 fully saturated rings. The van der Waals surface area contributed by atoms with E-state index in [1.54, 1.807) is 25.1 Å². The summed E-state index contributed by atoms with van der Waals surface area (Å²) in [6.07, 6.45) is 0.526. The molecule has 1 heterocycles. The number of carbonyl (C=O) groups excluding carboxylic acids is 1. The smallest absolute Gasteiger partial charge is 0.251 e. The molecule has 2 rings (SSSR count). The van der Waals surface area contributed by atoms with Crippen LogP contribution in [0.1, 0.15) is 22.1 Å². The summed E-state index contributed by atoms with van der Waals surface area (Å²) in [5.41, 5.74) is 0.542. The van der Waals surface area contributed by atoms with E-state index in [9.17, 15) is 4.79 Å². The molecule has 19 heavy (non-hydrogen) atoms. The molecule has 7 heteroatoms. The molecule has 0 aliphatic rings. The normalized spacial score (nSPS) is 10.5. The summed E-state index contributed by atoms with van der Waals surface area (Å²) in [7, 11) is 0. The summed E-state index contributed by atoms with van der Waals surface area (Å²) in [4.78, 5) is 15.9. The highest BCUT2D eigenvalue weighted by atomic mass is 79.9. The highest BCUT2D eigenvalue weighted by molar-refractivity contribution is 9.10. The number of carbonyl (C=O) groups is 1. The van der Waals surface area contributed by atoms with Gasteiger partial charge < -0.3 is 9.84 Å². The SMILES string of the molecule is Cc1nc(CCNC(=O)c2ccc(Cl)c(Br)c2)no1. The Bertz CT molecular complexity index is 600. The summed E-state index contributed by atoms with van der Waals surface area (Å²) >= 11 is 9.14. The zero-order chi connectivity index (χ0) is 13.8. The van der Waals surface area contributed by atoms with Gasteiger partial charge in [0, 0.05) is 29.9 Å². The number of nitrogens with one attached hydrogen (secondary N) is 1. The van der Waals surface area contributed by atoms with Crippen molar-refractivity contribution in [1.29, 1.82) is 0 Å². The number of halogens is 2. The van der Waals surface area contributed by atoms with Gasteiger partial charge in [0.25, 0.3) is 5.91 Å². The van der Waals surface area contributed by atoms with Crippen molar-refractivity contribution in [3.05, 3.63) is 45.0 Å². The summed E-state index contributed by atoms with van der Waals surface area (Å²) in [5.74, 6) is 0.927. The van der Waals surface area contributed by atoms with Crippen LogP contribution in [0, 0.1) is 6.92 Å². The average Bonchev–Trinajstić information content (AvgIpc) is 2.78. The lowest BCUT2D eigenvalue weighted by Crippen LogP contribution is -2.25. The Morgan fingerprint density at radius 3 is 2.95 bits per heavy atom. The first-order valence-corrected chi connectivity index (χ1v) is 6.76. The van der Waals surface area contributed by atoms with Gasteiger partial charge in [-0.1, -0.05) is 16.8 Å². The maximum absolute atomic E-state index is 11.9. The maximum Gasteiger partial charge on any atom is 0.251 e. The molecule has 5 nitrogen and oxygen atoms in total. The second-order valence-corrected chi connectivity index (χ2v) is 5.13. The molecule has 100 valence electrons. The van der Waals surface area contributed by atoms with Crippen LogP contribution in [0.15, 0.2) is 27.2 Å². The molecule has 0 aliphatic carbocycles. The summed E-state index contributed by atoms with van der Waals surface area (Å²) in [5, 5.41) is 7.10. The van der Waals surface area contributed by atoms with E-state index in [-0.39, 0.29) is 5.91 Å². The van der Waals surface area contributed by atoms with Crippen LogP contribution < -0.4 is 5.32 Å². The second kappa shape index (κ2) is 6.16. The first kappa shape index (κ1) is 14.0. The van der Waals surface area contributed by atoms with Gasteiger partial charge in [0.15, 0.2) is 5.82 Å². The standard InChI is InChI=1S/C12H11BrClN3O2/c1-7-16-11(17-19-7)4-5-15-12(18)8-2-3-10(14)9(13)6-8/h2-3,6H,4-5H2,1H3,(H,15,18). The van der Waals surface area contributed by atoms with Crippen molar-refractivity contribution in [3.8, 4) is 0 Å². The van der Waals surface area contributed by atoms with E-state index in [0.717, 1.165) is 0 Å². The molecule has 0 saturated carbocycles. The molecule has 0 radical (unpaired) electrons. The summed E-state index contributed by atoms with van der Waals surface area (Å²) < 4.78 is 5.53. The van der Waals surface area contributed by atoms with Gasteiger partial charge in [-0.3, -0.25) is 4.79 Å². The van der Waals surface area contributed by atoms with Crippen molar-refractivity contribution in [2.24, 2.45) is 0 Å². The number of nitrogens with zero attached hydrogens (tertiary/aromatic N) is 2. The summed E-state index contributed by atoms with van der Waals surface area (Å²) in [6, 6.07) is 5.01. The van der Waals surface area contributed by atoms with Gasteiger partial charge in [-0.25, -0.2) is 0 Å². The molecule has 0 spiro atoms. The largest absolute Gasteiger partial charge is 0.352 e. The first-order valence-electron chi connectivity index (χ1n) is 5.58. The van der Waals surface area contributed by atoms with E-state index >= 15 is 0 Å². The minimum atomic E-state index is -0.169. The number of benzene rings is 1. The molecule has 0 saturated heterocycles. The Balaban J connectivity index is 1.89. The van der Waals surface area contributed by atoms with Gasteiger partial charge >= 0.3 is 0 Å². The molecule has 1 amide bonds. The van der Waals surface area contributed by atoms with Crippen molar-refractivity contribution in [2.75, 3.05) is 6.54 Å². The lowest BCUT2D eigenvalue weighted by Gasteiger charge is -2.04. The van der Waals surface area contributed by atoms with E-state index in [1.807, 2.05) is 0 Å². The molecule has 0 atom stereocenters. The van der Waals surface area contributed by atoms with Crippen LogP contribution in [0.25, 0.3) is 0 Å². The number of aromatic nitrogens is 2. The monoisotopic (exact) mass is 343 g/mol. The molecule has 0 aliphatic heterocycles. The van der Waals surface area contributed by atoms with Crippen molar-refractivity contribution in [1.82, 2.24) is 15.5 Å². The third-order valence-corrected chi connectivity index (χ3v) is 3.60. The Hall–Kier alpha value is -1.40. The molecule has 1 aromatic heterocycles. The van der Waals surface area contributed by atoms with Gasteiger partial charge in [-0.05, 0) is 34.1 Å². The second-order valence-electron chi connectivity index (χ2n) is 3.86. The molecule has 2 aromatic rings. The molecule has 1 aromatic carbocycles. The van der Waals surface area contributed by atoms with Gasteiger partial charge in [-0.2, -0.15) is 4.98 Å². The Morgan fingerprint density at radius 2 is 2.32 bits per heavy atom. The van der Waals surface area contributed by atoms with Crippen LogP contribution in [0.5, 0.6) is 0 Å². The number of amides is 1. The van der Waals surface area contributed by atoms with Gasteiger partial charge in [0.05, 0.1) is 5.02 Å². The minimum absolute atomic E-state index is 0.169. The quantitative estimate of drug-likeness (QED) is 0.926. The molecule has 1 N–H and O–H groups in total. The fourth-order valence-electron chi connectivity index (χ4n) is 1.47. The van der Waals surface area contributed by atoms with Gasteiger partial charge in [0.1, 0.15) is 0 Å². The lowest BCUT2D eigenvalue weighted by atomic mass is 10.2. The molecular formula is C12H11BrClN3O2. The lowest BCUT2D eigenvalue weighted by molar-refractivity contribution is 0.0954. The number of hydrogen-bond acceptors (Lipinski definition) is 4. The number of rotatable bonds is 4. The van der Waals surface area contributed by atoms with Gasteiger partial charge in [-0.15, -0.1) is 0 Å². The number of aryl methyl sites for hydroxylation is 1. The van der Waals surface area contributed by atoms with E-state index in [4.69, 9.17) is 16.1 Å². The predicted molar refractivity (Wildman–Crippen MR) is 74.2 cm³/mol.